The monoisotopic (exact) mass is 460 g/mol. The van der Waals surface area contributed by atoms with Gasteiger partial charge in [0.25, 0.3) is 11.5 Å². The first-order valence-corrected chi connectivity index (χ1v) is 12.4. The summed E-state index contributed by atoms with van der Waals surface area (Å²) in [6, 6.07) is 5.51. The summed E-state index contributed by atoms with van der Waals surface area (Å²) in [5, 5.41) is 0. The molecule has 2 fully saturated rings. The Morgan fingerprint density at radius 2 is 2.00 bits per heavy atom. The molecule has 1 amide bonds. The Balaban J connectivity index is 1.77. The molecule has 4 rings (SSSR count). The molecule has 0 unspecified atom stereocenters. The highest BCUT2D eigenvalue weighted by molar-refractivity contribution is 8.26. The lowest BCUT2D eigenvalue weighted by atomic mass is 10.1. The van der Waals surface area contributed by atoms with Gasteiger partial charge in [-0.05, 0) is 30.5 Å². The molecule has 0 bridgehead atoms. The van der Waals surface area contributed by atoms with E-state index in [4.69, 9.17) is 17.2 Å². The molecule has 0 radical (unpaired) electrons. The van der Waals surface area contributed by atoms with Crippen molar-refractivity contribution >= 4 is 63.5 Å². The lowest BCUT2D eigenvalue weighted by molar-refractivity contribution is -0.122. The topological polar surface area (TPSA) is 57.9 Å². The number of hydrogen-bond acceptors (Lipinski definition) is 7. The van der Waals surface area contributed by atoms with Crippen molar-refractivity contribution in [3.05, 3.63) is 45.2 Å². The fourth-order valence-corrected chi connectivity index (χ4v) is 5.64. The highest BCUT2D eigenvalue weighted by Gasteiger charge is 2.32. The van der Waals surface area contributed by atoms with Gasteiger partial charge in [0.1, 0.15) is 15.8 Å². The van der Waals surface area contributed by atoms with Gasteiger partial charge in [0.05, 0.1) is 10.5 Å². The molecule has 0 aromatic carbocycles. The second-order valence-corrected chi connectivity index (χ2v) is 10.6. The molecular formula is C21H24N4O2S3. The Labute approximate surface area is 189 Å². The van der Waals surface area contributed by atoms with Gasteiger partial charge in [0, 0.05) is 37.3 Å². The number of nitrogens with zero attached hydrogens (tertiary/aromatic N) is 4. The van der Waals surface area contributed by atoms with Gasteiger partial charge in [-0.1, -0.05) is 43.9 Å². The molecule has 0 spiro atoms. The zero-order chi connectivity index (χ0) is 21.3. The summed E-state index contributed by atoms with van der Waals surface area (Å²) < 4.78 is 2.09. The van der Waals surface area contributed by atoms with Crippen LogP contribution in [0.5, 0.6) is 0 Å². The summed E-state index contributed by atoms with van der Waals surface area (Å²) in [7, 11) is 0. The molecule has 2 aromatic heterocycles. The van der Waals surface area contributed by atoms with E-state index < -0.39 is 0 Å². The average Bonchev–Trinajstić information content (AvgIpc) is 3.01. The van der Waals surface area contributed by atoms with Crippen molar-refractivity contribution in [1.82, 2.24) is 14.3 Å². The van der Waals surface area contributed by atoms with Crippen LogP contribution in [0.1, 0.15) is 25.8 Å². The minimum Gasteiger partial charge on any atom is -0.354 e. The van der Waals surface area contributed by atoms with E-state index in [9.17, 15) is 9.59 Å². The summed E-state index contributed by atoms with van der Waals surface area (Å²) in [5.41, 5.74) is 0.897. The number of fused-ring (bicyclic) bond motifs is 1. The van der Waals surface area contributed by atoms with Gasteiger partial charge >= 0.3 is 0 Å². The van der Waals surface area contributed by atoms with Crippen LogP contribution >= 0.6 is 35.7 Å². The van der Waals surface area contributed by atoms with Gasteiger partial charge in [-0.15, -0.1) is 0 Å². The number of carbonyl (C=O) groups is 1. The normalized spacial score (nSPS) is 19.0. The van der Waals surface area contributed by atoms with Gasteiger partial charge in [-0.25, -0.2) is 4.98 Å². The number of pyridine rings is 1. The lowest BCUT2D eigenvalue weighted by Crippen LogP contribution is -2.36. The van der Waals surface area contributed by atoms with Crippen molar-refractivity contribution in [1.29, 1.82) is 0 Å². The van der Waals surface area contributed by atoms with E-state index in [1.807, 2.05) is 30.0 Å². The van der Waals surface area contributed by atoms with Gasteiger partial charge < -0.3 is 4.90 Å². The van der Waals surface area contributed by atoms with E-state index in [-0.39, 0.29) is 11.5 Å². The zero-order valence-corrected chi connectivity index (χ0v) is 19.5. The Kier molecular flexibility index (Phi) is 6.50. The van der Waals surface area contributed by atoms with Gasteiger partial charge in [0.15, 0.2) is 0 Å². The second kappa shape index (κ2) is 9.11. The summed E-state index contributed by atoms with van der Waals surface area (Å²) >= 11 is 8.61. The number of carbonyl (C=O) groups excluding carboxylic acids is 1. The highest BCUT2D eigenvalue weighted by atomic mass is 32.2. The molecule has 0 N–H and O–H groups in total. The minimum atomic E-state index is -0.165. The summed E-state index contributed by atoms with van der Waals surface area (Å²) in [6.07, 6.45) is 4.29. The molecule has 6 nitrogen and oxygen atoms in total. The number of aromatic nitrogens is 2. The van der Waals surface area contributed by atoms with E-state index in [1.54, 1.807) is 17.2 Å². The molecule has 4 heterocycles. The van der Waals surface area contributed by atoms with Crippen molar-refractivity contribution in [3.63, 3.8) is 0 Å². The molecule has 0 saturated carbocycles. The van der Waals surface area contributed by atoms with E-state index in [0.717, 1.165) is 31.0 Å². The van der Waals surface area contributed by atoms with Crippen LogP contribution in [0.15, 0.2) is 34.1 Å². The SMILES string of the molecule is CC(C)CCN1C(=O)C(=Cc2c(N3CCSCC3)nc3ccccn3c2=O)SC1=S. The Morgan fingerprint density at radius 3 is 2.73 bits per heavy atom. The third kappa shape index (κ3) is 4.29. The first kappa shape index (κ1) is 21.4. The number of thioether (sulfide) groups is 2. The average molecular weight is 461 g/mol. The van der Waals surface area contributed by atoms with E-state index in [0.29, 0.717) is 38.7 Å². The largest absolute Gasteiger partial charge is 0.354 e. The highest BCUT2D eigenvalue weighted by Crippen LogP contribution is 2.34. The van der Waals surface area contributed by atoms with Gasteiger partial charge in [0.2, 0.25) is 0 Å². The predicted molar refractivity (Wildman–Crippen MR) is 130 cm³/mol. The Bertz CT molecular complexity index is 1070. The summed E-state index contributed by atoms with van der Waals surface area (Å²) in [5.74, 6) is 3.00. The summed E-state index contributed by atoms with van der Waals surface area (Å²) in [4.78, 5) is 35.4. The zero-order valence-electron chi connectivity index (χ0n) is 17.0. The fraction of sp³-hybridized carbons (Fsp3) is 0.429. The molecular weight excluding hydrogens is 436 g/mol. The maximum atomic E-state index is 13.3. The number of thiocarbonyl (C=S) groups is 1. The smallest absolute Gasteiger partial charge is 0.267 e. The fourth-order valence-electron chi connectivity index (χ4n) is 3.44. The van der Waals surface area contributed by atoms with E-state index >= 15 is 0 Å². The maximum absolute atomic E-state index is 13.3. The molecule has 2 aliphatic rings. The molecule has 2 aliphatic heterocycles. The van der Waals surface area contributed by atoms with Crippen molar-refractivity contribution in [2.45, 2.75) is 20.3 Å². The van der Waals surface area contributed by atoms with Gasteiger partial charge in [-0.3, -0.25) is 18.9 Å². The van der Waals surface area contributed by atoms with Crippen LogP contribution in [0.2, 0.25) is 0 Å². The quantitative estimate of drug-likeness (QED) is 0.500. The van der Waals surface area contributed by atoms with Crippen LogP contribution in [-0.4, -0.2) is 55.7 Å². The van der Waals surface area contributed by atoms with Crippen molar-refractivity contribution in [2.24, 2.45) is 5.92 Å². The summed E-state index contributed by atoms with van der Waals surface area (Å²) in [6.45, 7) is 6.51. The van der Waals surface area contributed by atoms with E-state index in [2.05, 4.69) is 18.7 Å². The van der Waals surface area contributed by atoms with Crippen LogP contribution in [0.25, 0.3) is 11.7 Å². The number of anilines is 1. The standard InChI is InChI=1S/C21H24N4O2S3/c1-14(2)6-8-25-20(27)16(30-21(25)28)13-15-18(23-9-11-29-12-10-23)22-17-5-3-4-7-24(17)19(15)26/h3-5,7,13-14H,6,8-12H2,1-2H3. The molecule has 9 heteroatoms. The third-order valence-electron chi connectivity index (χ3n) is 5.14. The second-order valence-electron chi connectivity index (χ2n) is 7.70. The minimum absolute atomic E-state index is 0.122. The van der Waals surface area contributed by atoms with Crippen LogP contribution in [0.3, 0.4) is 0 Å². The number of hydrogen-bond donors (Lipinski definition) is 0. The van der Waals surface area contributed by atoms with Crippen molar-refractivity contribution in [3.8, 4) is 0 Å². The Hall–Kier alpha value is -1.84. The van der Waals surface area contributed by atoms with Crippen LogP contribution < -0.4 is 10.5 Å². The predicted octanol–water partition coefficient (Wildman–Crippen LogP) is 3.50. The third-order valence-corrected chi connectivity index (χ3v) is 7.46. The van der Waals surface area contributed by atoms with Crippen molar-refractivity contribution in [2.75, 3.05) is 36.0 Å². The number of rotatable bonds is 5. The van der Waals surface area contributed by atoms with E-state index in [1.165, 1.54) is 16.2 Å². The van der Waals surface area contributed by atoms with Crippen LogP contribution in [0.4, 0.5) is 5.82 Å². The molecule has 30 heavy (non-hydrogen) atoms. The molecule has 158 valence electrons. The lowest BCUT2D eigenvalue weighted by Gasteiger charge is -2.28. The van der Waals surface area contributed by atoms with Crippen LogP contribution in [0, 0.1) is 5.92 Å². The maximum Gasteiger partial charge on any atom is 0.267 e. The van der Waals surface area contributed by atoms with Crippen LogP contribution in [-0.2, 0) is 4.79 Å². The molecule has 2 aromatic rings. The van der Waals surface area contributed by atoms with Gasteiger partial charge in [-0.2, -0.15) is 11.8 Å². The molecule has 0 atom stereocenters. The molecule has 2 saturated heterocycles. The number of amides is 1. The first-order valence-electron chi connectivity index (χ1n) is 10.0. The van der Waals surface area contributed by atoms with Crippen molar-refractivity contribution < 1.29 is 4.79 Å². The first-order chi connectivity index (χ1) is 14.5. The molecule has 0 aliphatic carbocycles. The Morgan fingerprint density at radius 1 is 1.23 bits per heavy atom.